The van der Waals surface area contributed by atoms with Gasteiger partial charge in [0.2, 0.25) is 5.91 Å². The molecule has 0 N–H and O–H groups in total. The smallest absolute Gasteiger partial charge is 0.243 e. The second-order valence-electron chi connectivity index (χ2n) is 5.41. The number of likely N-dealkylation sites (N-methyl/N-ethyl adjacent to an activating group) is 1. The SMILES string of the molecule is CC1CN(C(=O)C2(C#N)CC2)CC1N(C)C. The summed E-state index contributed by atoms with van der Waals surface area (Å²) in [6, 6.07) is 2.61. The third-order valence-electron chi connectivity index (χ3n) is 3.90. The van der Waals surface area contributed by atoms with E-state index in [1.54, 1.807) is 0 Å². The predicted molar refractivity (Wildman–Crippen MR) is 60.5 cm³/mol. The molecule has 1 heterocycles. The third kappa shape index (κ3) is 1.69. The monoisotopic (exact) mass is 221 g/mol. The van der Waals surface area contributed by atoms with E-state index in [9.17, 15) is 4.79 Å². The highest BCUT2D eigenvalue weighted by Crippen LogP contribution is 2.47. The van der Waals surface area contributed by atoms with Crippen LogP contribution >= 0.6 is 0 Å². The van der Waals surface area contributed by atoms with Gasteiger partial charge in [0.25, 0.3) is 0 Å². The molecule has 0 aromatic carbocycles. The van der Waals surface area contributed by atoms with Crippen LogP contribution in [0.1, 0.15) is 19.8 Å². The molecule has 4 heteroatoms. The minimum Gasteiger partial charge on any atom is -0.339 e. The van der Waals surface area contributed by atoms with Crippen LogP contribution in [0.4, 0.5) is 0 Å². The van der Waals surface area contributed by atoms with Crippen LogP contribution in [-0.2, 0) is 4.79 Å². The number of carbonyl (C=O) groups is 1. The Kier molecular flexibility index (Phi) is 2.67. The molecule has 2 fully saturated rings. The summed E-state index contributed by atoms with van der Waals surface area (Å²) in [6.07, 6.45) is 1.50. The van der Waals surface area contributed by atoms with Crippen LogP contribution in [0, 0.1) is 22.7 Å². The first-order valence-corrected chi connectivity index (χ1v) is 5.87. The summed E-state index contributed by atoms with van der Waals surface area (Å²) >= 11 is 0. The van der Waals surface area contributed by atoms with Crippen molar-refractivity contribution in [3.8, 4) is 6.07 Å². The molecular formula is C12H19N3O. The summed E-state index contributed by atoms with van der Waals surface area (Å²) in [5.74, 6) is 0.555. The Labute approximate surface area is 96.8 Å². The van der Waals surface area contributed by atoms with Crippen LogP contribution in [0.25, 0.3) is 0 Å². The van der Waals surface area contributed by atoms with Gasteiger partial charge in [-0.2, -0.15) is 5.26 Å². The normalized spacial score (nSPS) is 31.6. The van der Waals surface area contributed by atoms with Gasteiger partial charge in [-0.25, -0.2) is 0 Å². The lowest BCUT2D eigenvalue weighted by Gasteiger charge is -2.23. The Morgan fingerprint density at radius 2 is 2.06 bits per heavy atom. The average Bonchev–Trinajstić information content (AvgIpc) is 2.95. The zero-order valence-electron chi connectivity index (χ0n) is 10.2. The zero-order chi connectivity index (χ0) is 11.9. The second kappa shape index (κ2) is 3.74. The summed E-state index contributed by atoms with van der Waals surface area (Å²) in [5.41, 5.74) is -0.652. The van der Waals surface area contributed by atoms with Crippen molar-refractivity contribution in [3.05, 3.63) is 0 Å². The Morgan fingerprint density at radius 3 is 2.44 bits per heavy atom. The van der Waals surface area contributed by atoms with Crippen molar-refractivity contribution >= 4 is 5.91 Å². The fourth-order valence-electron chi connectivity index (χ4n) is 2.59. The molecule has 1 saturated heterocycles. The lowest BCUT2D eigenvalue weighted by molar-refractivity contribution is -0.134. The molecule has 1 aliphatic carbocycles. The average molecular weight is 221 g/mol. The molecule has 0 aromatic heterocycles. The molecule has 0 spiro atoms. The lowest BCUT2D eigenvalue weighted by Crippen LogP contribution is -2.38. The minimum atomic E-state index is -0.652. The number of nitriles is 1. The number of nitrogens with zero attached hydrogens (tertiary/aromatic N) is 3. The fourth-order valence-corrected chi connectivity index (χ4v) is 2.59. The van der Waals surface area contributed by atoms with Gasteiger partial charge < -0.3 is 9.80 Å². The van der Waals surface area contributed by atoms with E-state index in [1.807, 2.05) is 19.0 Å². The largest absolute Gasteiger partial charge is 0.339 e. The van der Waals surface area contributed by atoms with Crippen molar-refractivity contribution < 1.29 is 4.79 Å². The highest BCUT2D eigenvalue weighted by Gasteiger charge is 2.54. The third-order valence-corrected chi connectivity index (χ3v) is 3.90. The number of likely N-dealkylation sites (tertiary alicyclic amines) is 1. The maximum Gasteiger partial charge on any atom is 0.243 e. The van der Waals surface area contributed by atoms with Crippen molar-refractivity contribution in [2.45, 2.75) is 25.8 Å². The summed E-state index contributed by atoms with van der Waals surface area (Å²) in [6.45, 7) is 3.74. The second-order valence-corrected chi connectivity index (χ2v) is 5.41. The number of hydrogen-bond acceptors (Lipinski definition) is 3. The lowest BCUT2D eigenvalue weighted by atomic mass is 10.1. The number of carbonyl (C=O) groups excluding carboxylic acids is 1. The van der Waals surface area contributed by atoms with Crippen molar-refractivity contribution in [2.75, 3.05) is 27.2 Å². The summed E-state index contributed by atoms with van der Waals surface area (Å²) < 4.78 is 0. The molecular weight excluding hydrogens is 202 g/mol. The van der Waals surface area contributed by atoms with E-state index >= 15 is 0 Å². The molecule has 1 amide bonds. The number of amides is 1. The van der Waals surface area contributed by atoms with E-state index in [1.165, 1.54) is 0 Å². The molecule has 2 atom stereocenters. The van der Waals surface area contributed by atoms with Gasteiger partial charge in [0, 0.05) is 19.1 Å². The van der Waals surface area contributed by atoms with E-state index < -0.39 is 5.41 Å². The Balaban J connectivity index is 2.04. The van der Waals surface area contributed by atoms with Gasteiger partial charge in [-0.1, -0.05) is 6.92 Å². The maximum absolute atomic E-state index is 12.2. The van der Waals surface area contributed by atoms with Crippen LogP contribution < -0.4 is 0 Å². The molecule has 0 bridgehead atoms. The molecule has 4 nitrogen and oxygen atoms in total. The van der Waals surface area contributed by atoms with Gasteiger partial charge in [-0.3, -0.25) is 4.79 Å². The van der Waals surface area contributed by atoms with Gasteiger partial charge >= 0.3 is 0 Å². The molecule has 16 heavy (non-hydrogen) atoms. The highest BCUT2D eigenvalue weighted by molar-refractivity contribution is 5.88. The highest BCUT2D eigenvalue weighted by atomic mass is 16.2. The van der Waals surface area contributed by atoms with Crippen LogP contribution in [0.5, 0.6) is 0 Å². The molecule has 88 valence electrons. The Morgan fingerprint density at radius 1 is 1.44 bits per heavy atom. The predicted octanol–water partition coefficient (Wildman–Crippen LogP) is 0.699. The van der Waals surface area contributed by atoms with E-state index in [0.29, 0.717) is 12.0 Å². The molecule has 0 aromatic rings. The summed E-state index contributed by atoms with van der Waals surface area (Å²) in [4.78, 5) is 16.2. The first kappa shape index (κ1) is 11.4. The Hall–Kier alpha value is -1.08. The van der Waals surface area contributed by atoms with Gasteiger partial charge in [-0.15, -0.1) is 0 Å². The molecule has 1 aliphatic heterocycles. The van der Waals surface area contributed by atoms with E-state index in [-0.39, 0.29) is 5.91 Å². The van der Waals surface area contributed by atoms with Crippen molar-refractivity contribution in [1.29, 1.82) is 5.26 Å². The van der Waals surface area contributed by atoms with E-state index in [0.717, 1.165) is 25.9 Å². The number of hydrogen-bond donors (Lipinski definition) is 0. The van der Waals surface area contributed by atoms with Crippen molar-refractivity contribution in [1.82, 2.24) is 9.80 Å². The van der Waals surface area contributed by atoms with Crippen molar-refractivity contribution in [3.63, 3.8) is 0 Å². The van der Waals surface area contributed by atoms with Crippen molar-refractivity contribution in [2.24, 2.45) is 11.3 Å². The van der Waals surface area contributed by atoms with Crippen LogP contribution in [0.3, 0.4) is 0 Å². The molecule has 2 unspecified atom stereocenters. The van der Waals surface area contributed by atoms with Gasteiger partial charge in [0.1, 0.15) is 5.41 Å². The topological polar surface area (TPSA) is 47.3 Å². The maximum atomic E-state index is 12.2. The Bertz CT molecular complexity index is 341. The van der Waals surface area contributed by atoms with Crippen LogP contribution in [0.15, 0.2) is 0 Å². The quantitative estimate of drug-likeness (QED) is 0.689. The molecule has 1 saturated carbocycles. The first-order valence-electron chi connectivity index (χ1n) is 5.87. The van der Waals surface area contributed by atoms with E-state index in [2.05, 4.69) is 17.9 Å². The molecule has 2 rings (SSSR count). The first-order chi connectivity index (χ1) is 7.50. The fraction of sp³-hybridized carbons (Fsp3) is 0.833. The zero-order valence-corrected chi connectivity index (χ0v) is 10.2. The number of rotatable bonds is 2. The summed E-state index contributed by atoms with van der Waals surface area (Å²) in [7, 11) is 4.10. The van der Waals surface area contributed by atoms with Crippen LogP contribution in [-0.4, -0.2) is 48.9 Å². The van der Waals surface area contributed by atoms with Crippen LogP contribution in [0.2, 0.25) is 0 Å². The molecule has 0 radical (unpaired) electrons. The molecule has 2 aliphatic rings. The standard InChI is InChI=1S/C12H19N3O/c1-9-6-15(7-10(9)14(2)3)11(16)12(8-13)4-5-12/h9-10H,4-7H2,1-3H3. The van der Waals surface area contributed by atoms with Gasteiger partial charge in [-0.05, 0) is 32.9 Å². The minimum absolute atomic E-state index is 0.0613. The summed E-state index contributed by atoms with van der Waals surface area (Å²) in [5, 5.41) is 9.02. The van der Waals surface area contributed by atoms with Gasteiger partial charge in [0.15, 0.2) is 0 Å². The van der Waals surface area contributed by atoms with E-state index in [4.69, 9.17) is 5.26 Å². The van der Waals surface area contributed by atoms with Gasteiger partial charge in [0.05, 0.1) is 6.07 Å².